The topological polar surface area (TPSA) is 88.1 Å². The summed E-state index contributed by atoms with van der Waals surface area (Å²) in [6.07, 6.45) is -4.01. The zero-order valence-electron chi connectivity index (χ0n) is 9.48. The Bertz CT molecular complexity index is 374. The van der Waals surface area contributed by atoms with E-state index in [4.69, 9.17) is 11.9 Å². The minimum absolute atomic E-state index is 0.547. The number of rotatable bonds is 3. The summed E-state index contributed by atoms with van der Waals surface area (Å²) in [5.41, 5.74) is -2.51. The van der Waals surface area contributed by atoms with Gasteiger partial charge in [-0.05, 0) is 6.92 Å². The summed E-state index contributed by atoms with van der Waals surface area (Å²) in [5.74, 6) is -2.01. The first-order chi connectivity index (χ1) is 8.28. The van der Waals surface area contributed by atoms with Gasteiger partial charge >= 0.3 is 12.1 Å². The zero-order chi connectivity index (χ0) is 13.9. The predicted molar refractivity (Wildman–Crippen MR) is 56.5 cm³/mol. The molecule has 0 radical (unpaired) electrons. The van der Waals surface area contributed by atoms with Gasteiger partial charge in [0.2, 0.25) is 19.4 Å². The fourth-order valence-electron chi connectivity index (χ4n) is 1.44. The molecule has 0 unspecified atom stereocenters. The van der Waals surface area contributed by atoms with Crippen LogP contribution in [0.2, 0.25) is 0 Å². The monoisotopic (exact) mass is 282 g/mol. The molecule has 0 aliphatic carbocycles. The van der Waals surface area contributed by atoms with Crippen LogP contribution in [0.25, 0.3) is 0 Å². The molecule has 0 saturated carbocycles. The number of ether oxygens (including phenoxy) is 3. The third-order valence-electron chi connectivity index (χ3n) is 2.25. The molecule has 3 atom stereocenters. The average Bonchev–Trinajstić information content (AvgIpc) is 2.49. The summed E-state index contributed by atoms with van der Waals surface area (Å²) < 4.78 is 31.3. The SMILES string of the molecule is BC(=O)O[C@@H]1[C@@H](COC(=O)OCl)OC(=O)[C@]1(C)F. The lowest BCUT2D eigenvalue weighted by atomic mass is 9.99. The van der Waals surface area contributed by atoms with Gasteiger partial charge in [-0.1, -0.05) is 0 Å². The average molecular weight is 282 g/mol. The van der Waals surface area contributed by atoms with E-state index >= 15 is 0 Å². The molecule has 0 aromatic rings. The Morgan fingerprint density at radius 2 is 2.22 bits per heavy atom. The van der Waals surface area contributed by atoms with Gasteiger partial charge in [-0.15, -0.1) is 0 Å². The van der Waals surface area contributed by atoms with Gasteiger partial charge in [-0.2, -0.15) is 0 Å². The Balaban J connectivity index is 2.73. The van der Waals surface area contributed by atoms with Crippen LogP contribution in [-0.2, 0) is 23.3 Å². The van der Waals surface area contributed by atoms with Crippen LogP contribution in [0.1, 0.15) is 6.92 Å². The summed E-state index contributed by atoms with van der Waals surface area (Å²) in [6, 6.07) is 0. The lowest BCUT2D eigenvalue weighted by Crippen LogP contribution is -2.44. The fourth-order valence-corrected chi connectivity index (χ4v) is 1.48. The fraction of sp³-hybridized carbons (Fsp3) is 0.625. The van der Waals surface area contributed by atoms with Crippen molar-refractivity contribution in [1.82, 2.24) is 0 Å². The second-order valence-corrected chi connectivity index (χ2v) is 3.84. The van der Waals surface area contributed by atoms with Crippen molar-refractivity contribution in [3.8, 4) is 0 Å². The third-order valence-corrected chi connectivity index (χ3v) is 2.38. The van der Waals surface area contributed by atoms with Crippen molar-refractivity contribution in [3.63, 3.8) is 0 Å². The van der Waals surface area contributed by atoms with Gasteiger partial charge in [0.05, 0.1) is 0 Å². The third kappa shape index (κ3) is 3.03. The minimum atomic E-state index is -2.51. The molecule has 0 amide bonds. The molecule has 1 heterocycles. The number of hydrogen-bond donors (Lipinski definition) is 0. The van der Waals surface area contributed by atoms with Crippen LogP contribution in [0, 0.1) is 0 Å². The molecule has 18 heavy (non-hydrogen) atoms. The molecular formula is C8H9BClFO7. The van der Waals surface area contributed by atoms with Gasteiger partial charge in [0.1, 0.15) is 18.5 Å². The lowest BCUT2D eigenvalue weighted by Gasteiger charge is -2.21. The molecule has 1 saturated heterocycles. The molecule has 100 valence electrons. The van der Waals surface area contributed by atoms with Crippen LogP contribution in [-0.4, -0.2) is 50.3 Å². The van der Waals surface area contributed by atoms with Gasteiger partial charge in [0, 0.05) is 0 Å². The first-order valence-electron chi connectivity index (χ1n) is 4.81. The summed E-state index contributed by atoms with van der Waals surface area (Å²) in [5, 5.41) is 0. The van der Waals surface area contributed by atoms with Crippen LogP contribution in [0.5, 0.6) is 0 Å². The Kier molecular flexibility index (Phi) is 4.39. The van der Waals surface area contributed by atoms with E-state index in [0.717, 1.165) is 14.8 Å². The second kappa shape index (κ2) is 5.43. The predicted octanol–water partition coefficient (Wildman–Crippen LogP) is 0.0853. The quantitative estimate of drug-likeness (QED) is 0.411. The van der Waals surface area contributed by atoms with Crippen LogP contribution in [0.4, 0.5) is 14.0 Å². The molecule has 1 aliphatic heterocycles. The highest BCUT2D eigenvalue weighted by Crippen LogP contribution is 2.32. The Hall–Kier alpha value is -1.51. The van der Waals surface area contributed by atoms with E-state index < -0.39 is 42.5 Å². The largest absolute Gasteiger partial charge is 0.527 e. The van der Waals surface area contributed by atoms with E-state index in [0.29, 0.717) is 0 Å². The number of esters is 1. The number of carbonyl (C=O) groups excluding carboxylic acids is 3. The van der Waals surface area contributed by atoms with Crippen molar-refractivity contribution in [1.29, 1.82) is 0 Å². The smallest absolute Gasteiger partial charge is 0.463 e. The molecule has 0 N–H and O–H groups in total. The van der Waals surface area contributed by atoms with E-state index in [1.165, 1.54) is 0 Å². The Labute approximate surface area is 107 Å². The normalized spacial score (nSPS) is 30.5. The first-order valence-corrected chi connectivity index (χ1v) is 5.12. The number of halogens is 2. The zero-order valence-corrected chi connectivity index (χ0v) is 10.2. The van der Waals surface area contributed by atoms with Crippen LogP contribution < -0.4 is 0 Å². The summed E-state index contributed by atoms with van der Waals surface area (Å²) >= 11 is 4.70. The van der Waals surface area contributed by atoms with Crippen molar-refractivity contribution >= 4 is 37.7 Å². The van der Waals surface area contributed by atoms with Crippen molar-refractivity contribution in [2.45, 2.75) is 24.8 Å². The Morgan fingerprint density at radius 1 is 1.61 bits per heavy atom. The van der Waals surface area contributed by atoms with Gasteiger partial charge in [-0.25, -0.2) is 14.0 Å². The number of cyclic esters (lactones) is 1. The summed E-state index contributed by atoms with van der Waals surface area (Å²) in [4.78, 5) is 32.7. The number of hydrogen-bond acceptors (Lipinski definition) is 7. The molecule has 1 aliphatic rings. The molecule has 1 rings (SSSR count). The van der Waals surface area contributed by atoms with Crippen LogP contribution in [0.3, 0.4) is 0 Å². The lowest BCUT2D eigenvalue weighted by molar-refractivity contribution is -0.150. The molecule has 1 fully saturated rings. The summed E-state index contributed by atoms with van der Waals surface area (Å²) in [6.45, 7) is 0.359. The van der Waals surface area contributed by atoms with Crippen molar-refractivity contribution < 1.29 is 37.3 Å². The Morgan fingerprint density at radius 3 is 2.72 bits per heavy atom. The maximum atomic E-state index is 13.9. The number of alkyl halides is 1. The highest BCUT2D eigenvalue weighted by atomic mass is 35.5. The van der Waals surface area contributed by atoms with Gasteiger partial charge in [0.15, 0.2) is 12.2 Å². The standard InChI is InChI=1S/C8H9BClFO7/c1-8(11)4(17-6(9)13)3(16-5(8)12)2-15-7(14)18-10/h3-4H,2,9H2,1H3/t3-,4-,8-/m1/s1. The van der Waals surface area contributed by atoms with E-state index in [1.54, 1.807) is 0 Å². The van der Waals surface area contributed by atoms with E-state index in [9.17, 15) is 18.8 Å². The maximum Gasteiger partial charge on any atom is 0.527 e. The molecule has 10 heteroatoms. The van der Waals surface area contributed by atoms with Crippen molar-refractivity contribution in [2.75, 3.05) is 6.61 Å². The van der Waals surface area contributed by atoms with E-state index in [1.807, 2.05) is 0 Å². The molecule has 0 bridgehead atoms. The highest BCUT2D eigenvalue weighted by Gasteiger charge is 2.58. The minimum Gasteiger partial charge on any atom is -0.463 e. The summed E-state index contributed by atoms with van der Waals surface area (Å²) in [7, 11) is 1.05. The molecule has 7 nitrogen and oxygen atoms in total. The van der Waals surface area contributed by atoms with E-state index in [2.05, 4.69) is 18.5 Å². The van der Waals surface area contributed by atoms with Crippen LogP contribution >= 0.6 is 11.9 Å². The second-order valence-electron chi connectivity index (χ2n) is 3.69. The molecule has 0 aromatic heterocycles. The molecule has 0 aromatic carbocycles. The van der Waals surface area contributed by atoms with Gasteiger partial charge in [0.25, 0.3) is 0 Å². The number of carbonyl (C=O) groups is 3. The highest BCUT2D eigenvalue weighted by molar-refractivity contribution is 6.55. The first kappa shape index (κ1) is 14.6. The maximum absolute atomic E-state index is 13.9. The van der Waals surface area contributed by atoms with Gasteiger partial charge in [-0.3, -0.25) is 4.79 Å². The van der Waals surface area contributed by atoms with Crippen molar-refractivity contribution in [2.24, 2.45) is 0 Å². The molecular weight excluding hydrogens is 273 g/mol. The van der Waals surface area contributed by atoms with Crippen LogP contribution in [0.15, 0.2) is 0 Å². The van der Waals surface area contributed by atoms with E-state index in [-0.39, 0.29) is 0 Å². The molecule has 0 spiro atoms. The van der Waals surface area contributed by atoms with Crippen molar-refractivity contribution in [3.05, 3.63) is 0 Å². The van der Waals surface area contributed by atoms with Gasteiger partial charge < -0.3 is 18.5 Å².